The summed E-state index contributed by atoms with van der Waals surface area (Å²) < 4.78 is 0. The van der Waals surface area contributed by atoms with E-state index in [2.05, 4.69) is 58.0 Å². The van der Waals surface area contributed by atoms with Gasteiger partial charge in [0, 0.05) is 24.4 Å². The van der Waals surface area contributed by atoms with Crippen LogP contribution in [-0.4, -0.2) is 32.8 Å². The zero-order valence-electron chi connectivity index (χ0n) is 12.8. The second-order valence-electron chi connectivity index (χ2n) is 6.03. The molecule has 1 heterocycles. The highest BCUT2D eigenvalue weighted by atomic mass is 15.6. The zero-order chi connectivity index (χ0) is 14.7. The number of nitrogens with one attached hydrogen (secondary N) is 1. The molecule has 3 rings (SSSR count). The molecule has 1 fully saturated rings. The van der Waals surface area contributed by atoms with E-state index in [9.17, 15) is 0 Å². The molecule has 1 unspecified atom stereocenters. The molecule has 1 atom stereocenters. The van der Waals surface area contributed by atoms with E-state index in [1.54, 1.807) is 0 Å². The van der Waals surface area contributed by atoms with Crippen molar-refractivity contribution < 1.29 is 0 Å². The molecule has 21 heavy (non-hydrogen) atoms. The fourth-order valence-electron chi connectivity index (χ4n) is 2.84. The molecule has 0 aliphatic heterocycles. The van der Waals surface area contributed by atoms with Gasteiger partial charge >= 0.3 is 0 Å². The van der Waals surface area contributed by atoms with Gasteiger partial charge in [-0.15, -0.1) is 10.2 Å². The third-order valence-electron chi connectivity index (χ3n) is 4.42. The molecule has 2 aromatic rings. The molecule has 112 valence electrons. The predicted molar refractivity (Wildman–Crippen MR) is 81.9 cm³/mol. The number of nitrogens with zero attached hydrogens (tertiary/aromatic N) is 4. The molecule has 1 saturated carbocycles. The standard InChI is InChI=1S/C16H23N5/c1-3-16(12-17-14-9-10-14,13-7-5-4-6-8-13)11-15-18-20-21(2)19-15/h4-8,14,17H,3,9-12H2,1-2H3. The molecule has 5 nitrogen and oxygen atoms in total. The van der Waals surface area contributed by atoms with Crippen molar-refractivity contribution in [2.75, 3.05) is 6.54 Å². The highest BCUT2D eigenvalue weighted by molar-refractivity contribution is 5.27. The van der Waals surface area contributed by atoms with E-state index >= 15 is 0 Å². The van der Waals surface area contributed by atoms with Crippen molar-refractivity contribution in [1.82, 2.24) is 25.5 Å². The minimum atomic E-state index is 0.0346. The van der Waals surface area contributed by atoms with Gasteiger partial charge in [-0.3, -0.25) is 0 Å². The Morgan fingerprint density at radius 3 is 2.62 bits per heavy atom. The summed E-state index contributed by atoms with van der Waals surface area (Å²) in [5, 5.41) is 16.2. The molecule has 1 aromatic carbocycles. The largest absolute Gasteiger partial charge is 0.313 e. The molecule has 5 heteroatoms. The predicted octanol–water partition coefficient (Wildman–Crippen LogP) is 1.85. The van der Waals surface area contributed by atoms with Gasteiger partial charge < -0.3 is 5.32 Å². The van der Waals surface area contributed by atoms with Crippen LogP contribution in [-0.2, 0) is 18.9 Å². The van der Waals surface area contributed by atoms with Crippen LogP contribution in [0.25, 0.3) is 0 Å². The van der Waals surface area contributed by atoms with Crippen LogP contribution >= 0.6 is 0 Å². The molecular weight excluding hydrogens is 262 g/mol. The minimum absolute atomic E-state index is 0.0346. The van der Waals surface area contributed by atoms with Crippen LogP contribution in [0.4, 0.5) is 0 Å². The number of tetrazole rings is 1. The lowest BCUT2D eigenvalue weighted by atomic mass is 9.75. The maximum atomic E-state index is 4.38. The van der Waals surface area contributed by atoms with Gasteiger partial charge in [0.05, 0.1) is 7.05 Å². The lowest BCUT2D eigenvalue weighted by molar-refractivity contribution is 0.369. The quantitative estimate of drug-likeness (QED) is 0.843. The van der Waals surface area contributed by atoms with Crippen molar-refractivity contribution in [1.29, 1.82) is 0 Å². The number of aryl methyl sites for hydroxylation is 1. The van der Waals surface area contributed by atoms with E-state index in [0.717, 1.165) is 25.2 Å². The molecule has 0 spiro atoms. The van der Waals surface area contributed by atoms with Gasteiger partial charge in [-0.25, -0.2) is 0 Å². The van der Waals surface area contributed by atoms with E-state index in [4.69, 9.17) is 0 Å². The van der Waals surface area contributed by atoms with Gasteiger partial charge in [-0.05, 0) is 30.0 Å². The topological polar surface area (TPSA) is 55.6 Å². The second-order valence-corrected chi connectivity index (χ2v) is 6.03. The summed E-state index contributed by atoms with van der Waals surface area (Å²) >= 11 is 0. The number of hydrogen-bond acceptors (Lipinski definition) is 4. The first kappa shape index (κ1) is 14.2. The number of aromatic nitrogens is 4. The SMILES string of the molecule is CCC(CNC1CC1)(Cc1nnn(C)n1)c1ccccc1. The number of hydrogen-bond donors (Lipinski definition) is 1. The van der Waals surface area contributed by atoms with Gasteiger partial charge in [0.1, 0.15) is 0 Å². The minimum Gasteiger partial charge on any atom is -0.313 e. The molecule has 1 aliphatic carbocycles. The van der Waals surface area contributed by atoms with E-state index < -0.39 is 0 Å². The first-order valence-corrected chi connectivity index (χ1v) is 7.74. The van der Waals surface area contributed by atoms with Crippen LogP contribution in [0.3, 0.4) is 0 Å². The van der Waals surface area contributed by atoms with Crippen molar-refractivity contribution in [3.05, 3.63) is 41.7 Å². The molecule has 0 saturated heterocycles. The van der Waals surface area contributed by atoms with Crippen LogP contribution in [0.1, 0.15) is 37.6 Å². The summed E-state index contributed by atoms with van der Waals surface area (Å²) in [6, 6.07) is 11.4. The highest BCUT2D eigenvalue weighted by Crippen LogP contribution is 2.32. The average molecular weight is 285 g/mol. The van der Waals surface area contributed by atoms with Crippen LogP contribution in [0.15, 0.2) is 30.3 Å². The Hall–Kier alpha value is -1.75. The Morgan fingerprint density at radius 1 is 1.29 bits per heavy atom. The maximum absolute atomic E-state index is 4.38. The Bertz CT molecular complexity index is 575. The van der Waals surface area contributed by atoms with E-state index in [1.165, 1.54) is 23.2 Å². The highest BCUT2D eigenvalue weighted by Gasteiger charge is 2.34. The summed E-state index contributed by atoms with van der Waals surface area (Å²) in [6.45, 7) is 3.22. The Labute approximate surface area is 125 Å². The fraction of sp³-hybridized carbons (Fsp3) is 0.562. The van der Waals surface area contributed by atoms with Gasteiger partial charge in [-0.2, -0.15) is 4.80 Å². The van der Waals surface area contributed by atoms with Gasteiger partial charge in [0.15, 0.2) is 5.82 Å². The van der Waals surface area contributed by atoms with Gasteiger partial charge in [0.25, 0.3) is 0 Å². The Morgan fingerprint density at radius 2 is 2.05 bits per heavy atom. The lowest BCUT2D eigenvalue weighted by Gasteiger charge is -2.33. The Balaban J connectivity index is 1.87. The third-order valence-corrected chi connectivity index (χ3v) is 4.42. The second kappa shape index (κ2) is 5.93. The summed E-state index contributed by atoms with van der Waals surface area (Å²) in [6.07, 6.45) is 4.48. The maximum Gasteiger partial charge on any atom is 0.175 e. The number of rotatable bonds is 7. The molecule has 1 aliphatic rings. The first-order chi connectivity index (χ1) is 10.2. The summed E-state index contributed by atoms with van der Waals surface area (Å²) in [5.74, 6) is 0.820. The summed E-state index contributed by atoms with van der Waals surface area (Å²) in [4.78, 5) is 1.54. The van der Waals surface area contributed by atoms with Crippen LogP contribution in [0, 0.1) is 0 Å². The number of benzene rings is 1. The van der Waals surface area contributed by atoms with Crippen LogP contribution in [0.2, 0.25) is 0 Å². The molecular formula is C16H23N5. The van der Waals surface area contributed by atoms with Crippen molar-refractivity contribution in [3.63, 3.8) is 0 Å². The van der Waals surface area contributed by atoms with Crippen molar-refractivity contribution in [2.45, 2.75) is 44.1 Å². The van der Waals surface area contributed by atoms with Crippen LogP contribution in [0.5, 0.6) is 0 Å². The van der Waals surface area contributed by atoms with E-state index in [1.807, 2.05) is 7.05 Å². The van der Waals surface area contributed by atoms with E-state index in [-0.39, 0.29) is 5.41 Å². The molecule has 0 amide bonds. The fourth-order valence-corrected chi connectivity index (χ4v) is 2.84. The van der Waals surface area contributed by atoms with Gasteiger partial charge in [-0.1, -0.05) is 37.3 Å². The first-order valence-electron chi connectivity index (χ1n) is 7.74. The average Bonchev–Trinajstić information content (AvgIpc) is 3.26. The van der Waals surface area contributed by atoms with Crippen molar-refractivity contribution >= 4 is 0 Å². The monoisotopic (exact) mass is 285 g/mol. The van der Waals surface area contributed by atoms with Crippen LogP contribution < -0.4 is 5.32 Å². The zero-order valence-corrected chi connectivity index (χ0v) is 12.8. The third kappa shape index (κ3) is 3.29. The molecule has 1 N–H and O–H groups in total. The summed E-state index contributed by atoms with van der Waals surface area (Å²) in [5.41, 5.74) is 1.39. The normalized spacial score (nSPS) is 17.6. The molecule has 0 radical (unpaired) electrons. The molecule has 1 aromatic heterocycles. The Kier molecular flexibility index (Phi) is 4.01. The molecule has 0 bridgehead atoms. The smallest absolute Gasteiger partial charge is 0.175 e. The van der Waals surface area contributed by atoms with Crippen molar-refractivity contribution in [3.8, 4) is 0 Å². The van der Waals surface area contributed by atoms with E-state index in [0.29, 0.717) is 6.04 Å². The summed E-state index contributed by atoms with van der Waals surface area (Å²) in [7, 11) is 1.81. The van der Waals surface area contributed by atoms with Crippen molar-refractivity contribution in [2.24, 2.45) is 7.05 Å². The lowest BCUT2D eigenvalue weighted by Crippen LogP contribution is -2.41. The van der Waals surface area contributed by atoms with Gasteiger partial charge in [0.2, 0.25) is 0 Å².